The molecule has 0 aliphatic heterocycles. The van der Waals surface area contributed by atoms with Crippen molar-refractivity contribution in [3.63, 3.8) is 0 Å². The number of rotatable bonds is 4. The monoisotopic (exact) mass is 289 g/mol. The molecule has 3 heteroatoms. The van der Waals surface area contributed by atoms with Gasteiger partial charge >= 0.3 is 0 Å². The molecule has 2 aromatic carbocycles. The molecule has 0 spiro atoms. The molecule has 0 aliphatic rings. The molecule has 0 fully saturated rings. The minimum absolute atomic E-state index is 0.122. The van der Waals surface area contributed by atoms with Gasteiger partial charge in [-0.05, 0) is 62.1 Å². The average Bonchev–Trinajstić information content (AvgIpc) is 2.36. The van der Waals surface area contributed by atoms with E-state index in [-0.39, 0.29) is 6.04 Å². The molecule has 0 bridgehead atoms. The molecule has 0 radical (unpaired) electrons. The van der Waals surface area contributed by atoms with E-state index in [0.717, 1.165) is 28.9 Å². The Morgan fingerprint density at radius 2 is 1.85 bits per heavy atom. The van der Waals surface area contributed by atoms with Crippen LogP contribution in [0.2, 0.25) is 5.02 Å². The van der Waals surface area contributed by atoms with Crippen molar-refractivity contribution in [1.29, 1.82) is 0 Å². The topological polar surface area (TPSA) is 35.2 Å². The largest absolute Gasteiger partial charge is 0.456 e. The standard InChI is InChI=1S/C17H20ClNO/c1-11-4-5-12(2)17(8-11)20-16-7-6-14(9-13(3)19)10-15(16)18/h4-8,10,13H,9,19H2,1-3H3. The van der Waals surface area contributed by atoms with Gasteiger partial charge < -0.3 is 10.5 Å². The summed E-state index contributed by atoms with van der Waals surface area (Å²) in [6.07, 6.45) is 0.809. The maximum Gasteiger partial charge on any atom is 0.146 e. The summed E-state index contributed by atoms with van der Waals surface area (Å²) < 4.78 is 5.92. The molecule has 0 aliphatic carbocycles. The quantitative estimate of drug-likeness (QED) is 0.890. The highest BCUT2D eigenvalue weighted by atomic mass is 35.5. The van der Waals surface area contributed by atoms with Gasteiger partial charge in [0.25, 0.3) is 0 Å². The fourth-order valence-electron chi connectivity index (χ4n) is 2.06. The predicted molar refractivity (Wildman–Crippen MR) is 84.8 cm³/mol. The molecular formula is C17H20ClNO. The molecule has 20 heavy (non-hydrogen) atoms. The van der Waals surface area contributed by atoms with E-state index >= 15 is 0 Å². The molecular weight excluding hydrogens is 270 g/mol. The van der Waals surface area contributed by atoms with Crippen LogP contribution in [0.5, 0.6) is 11.5 Å². The molecule has 2 N–H and O–H groups in total. The molecule has 0 saturated heterocycles. The van der Waals surface area contributed by atoms with E-state index in [1.165, 1.54) is 0 Å². The number of hydrogen-bond donors (Lipinski definition) is 1. The zero-order chi connectivity index (χ0) is 14.7. The van der Waals surface area contributed by atoms with E-state index in [4.69, 9.17) is 22.1 Å². The predicted octanol–water partition coefficient (Wildman–Crippen LogP) is 4.64. The van der Waals surface area contributed by atoms with Gasteiger partial charge in [-0.1, -0.05) is 29.8 Å². The number of halogens is 1. The van der Waals surface area contributed by atoms with Crippen LogP contribution in [-0.2, 0) is 6.42 Å². The van der Waals surface area contributed by atoms with Gasteiger partial charge in [-0.15, -0.1) is 0 Å². The lowest BCUT2D eigenvalue weighted by Crippen LogP contribution is -2.17. The van der Waals surface area contributed by atoms with Crippen LogP contribution in [0.4, 0.5) is 0 Å². The van der Waals surface area contributed by atoms with Crippen LogP contribution < -0.4 is 10.5 Å². The summed E-state index contributed by atoms with van der Waals surface area (Å²) in [4.78, 5) is 0. The van der Waals surface area contributed by atoms with Crippen LogP contribution in [-0.4, -0.2) is 6.04 Å². The van der Waals surface area contributed by atoms with Crippen molar-refractivity contribution < 1.29 is 4.74 Å². The zero-order valence-corrected chi connectivity index (χ0v) is 12.9. The highest BCUT2D eigenvalue weighted by Crippen LogP contribution is 2.32. The molecule has 0 aromatic heterocycles. The van der Waals surface area contributed by atoms with Gasteiger partial charge in [0.2, 0.25) is 0 Å². The number of ether oxygens (including phenoxy) is 1. The van der Waals surface area contributed by atoms with E-state index in [1.807, 2.05) is 51.1 Å². The SMILES string of the molecule is Cc1ccc(C)c(Oc2ccc(CC(C)N)cc2Cl)c1. The van der Waals surface area contributed by atoms with Crippen LogP contribution in [0.3, 0.4) is 0 Å². The van der Waals surface area contributed by atoms with Crippen LogP contribution in [0.15, 0.2) is 36.4 Å². The van der Waals surface area contributed by atoms with Crippen molar-refractivity contribution in [3.05, 3.63) is 58.1 Å². The number of aryl methyl sites for hydroxylation is 2. The van der Waals surface area contributed by atoms with E-state index in [0.29, 0.717) is 10.8 Å². The van der Waals surface area contributed by atoms with Gasteiger partial charge in [0, 0.05) is 6.04 Å². The van der Waals surface area contributed by atoms with Crippen molar-refractivity contribution in [2.75, 3.05) is 0 Å². The summed E-state index contributed by atoms with van der Waals surface area (Å²) >= 11 is 6.29. The number of nitrogens with two attached hydrogens (primary N) is 1. The minimum Gasteiger partial charge on any atom is -0.456 e. The Hall–Kier alpha value is -1.51. The van der Waals surface area contributed by atoms with Gasteiger partial charge in [0.1, 0.15) is 11.5 Å². The first kappa shape index (κ1) is 14.9. The van der Waals surface area contributed by atoms with Crippen molar-refractivity contribution >= 4 is 11.6 Å². The number of hydrogen-bond acceptors (Lipinski definition) is 2. The third kappa shape index (κ3) is 3.75. The highest BCUT2D eigenvalue weighted by molar-refractivity contribution is 6.32. The Labute approximate surface area is 125 Å². The fourth-order valence-corrected chi connectivity index (χ4v) is 2.30. The van der Waals surface area contributed by atoms with E-state index in [9.17, 15) is 0 Å². The smallest absolute Gasteiger partial charge is 0.146 e. The molecule has 2 rings (SSSR count). The summed E-state index contributed by atoms with van der Waals surface area (Å²) in [7, 11) is 0. The fraction of sp³-hybridized carbons (Fsp3) is 0.294. The van der Waals surface area contributed by atoms with Crippen LogP contribution in [0, 0.1) is 13.8 Å². The molecule has 2 nitrogen and oxygen atoms in total. The maximum atomic E-state index is 6.29. The molecule has 1 atom stereocenters. The van der Waals surface area contributed by atoms with Crippen molar-refractivity contribution in [2.24, 2.45) is 5.73 Å². The van der Waals surface area contributed by atoms with Gasteiger partial charge in [-0.2, -0.15) is 0 Å². The van der Waals surface area contributed by atoms with Gasteiger partial charge in [-0.25, -0.2) is 0 Å². The second-order valence-electron chi connectivity index (χ2n) is 5.32. The zero-order valence-electron chi connectivity index (χ0n) is 12.1. The van der Waals surface area contributed by atoms with Crippen molar-refractivity contribution in [3.8, 4) is 11.5 Å². The van der Waals surface area contributed by atoms with E-state index in [2.05, 4.69) is 6.07 Å². The molecule has 1 unspecified atom stereocenters. The first-order valence-corrected chi connectivity index (χ1v) is 7.12. The summed E-state index contributed by atoms with van der Waals surface area (Å²) in [6.45, 7) is 6.04. The first-order valence-electron chi connectivity index (χ1n) is 6.75. The van der Waals surface area contributed by atoms with Gasteiger partial charge in [-0.3, -0.25) is 0 Å². The minimum atomic E-state index is 0.122. The summed E-state index contributed by atoms with van der Waals surface area (Å²) in [5.74, 6) is 1.51. The Morgan fingerprint density at radius 3 is 2.50 bits per heavy atom. The van der Waals surface area contributed by atoms with Crippen molar-refractivity contribution in [2.45, 2.75) is 33.2 Å². The third-order valence-electron chi connectivity index (χ3n) is 3.12. The Bertz CT molecular complexity index is 608. The van der Waals surface area contributed by atoms with Crippen molar-refractivity contribution in [1.82, 2.24) is 0 Å². The number of benzene rings is 2. The van der Waals surface area contributed by atoms with Gasteiger partial charge in [0.15, 0.2) is 0 Å². The second kappa shape index (κ2) is 6.29. The molecule has 0 saturated carbocycles. The maximum absolute atomic E-state index is 6.29. The van der Waals surface area contributed by atoms with Gasteiger partial charge in [0.05, 0.1) is 5.02 Å². The lowest BCUT2D eigenvalue weighted by atomic mass is 10.1. The average molecular weight is 290 g/mol. The summed E-state index contributed by atoms with van der Waals surface area (Å²) in [5.41, 5.74) is 9.17. The third-order valence-corrected chi connectivity index (χ3v) is 3.41. The highest BCUT2D eigenvalue weighted by Gasteiger charge is 2.08. The van der Waals surface area contributed by atoms with E-state index in [1.54, 1.807) is 0 Å². The van der Waals surface area contributed by atoms with Crippen LogP contribution >= 0.6 is 11.6 Å². The summed E-state index contributed by atoms with van der Waals surface area (Å²) in [5, 5.41) is 0.615. The summed E-state index contributed by atoms with van der Waals surface area (Å²) in [6, 6.07) is 12.1. The Kier molecular flexibility index (Phi) is 4.69. The van der Waals surface area contributed by atoms with E-state index < -0.39 is 0 Å². The lowest BCUT2D eigenvalue weighted by molar-refractivity contribution is 0.478. The first-order chi connectivity index (χ1) is 9.45. The Balaban J connectivity index is 2.23. The molecule has 0 heterocycles. The molecule has 0 amide bonds. The normalized spacial score (nSPS) is 12.2. The molecule has 2 aromatic rings. The molecule has 106 valence electrons. The second-order valence-corrected chi connectivity index (χ2v) is 5.72. The van der Waals surface area contributed by atoms with Crippen LogP contribution in [0.25, 0.3) is 0 Å². The lowest BCUT2D eigenvalue weighted by Gasteiger charge is -2.12. The Morgan fingerprint density at radius 1 is 1.10 bits per heavy atom. The van der Waals surface area contributed by atoms with Crippen LogP contribution in [0.1, 0.15) is 23.6 Å².